The summed E-state index contributed by atoms with van der Waals surface area (Å²) in [7, 11) is 2.06. The lowest BCUT2D eigenvalue weighted by Gasteiger charge is -2.24. The molecule has 0 heterocycles. The second-order valence-electron chi connectivity index (χ2n) is 4.09. The van der Waals surface area contributed by atoms with Crippen molar-refractivity contribution in [1.82, 2.24) is 0 Å². The minimum Gasteiger partial charge on any atom is -0.389 e. The molecule has 15 heavy (non-hydrogen) atoms. The van der Waals surface area contributed by atoms with Crippen molar-refractivity contribution < 1.29 is 5.11 Å². The highest BCUT2D eigenvalue weighted by molar-refractivity contribution is 9.10. The molecule has 0 saturated heterocycles. The van der Waals surface area contributed by atoms with Gasteiger partial charge in [-0.25, -0.2) is 0 Å². The highest BCUT2D eigenvalue weighted by Crippen LogP contribution is 2.28. The molecular formula is C12H18BrNO. The van der Waals surface area contributed by atoms with E-state index in [1.165, 1.54) is 0 Å². The number of anilines is 1. The third kappa shape index (κ3) is 2.95. The number of hydrogen-bond acceptors (Lipinski definition) is 2. The van der Waals surface area contributed by atoms with Gasteiger partial charge in [0, 0.05) is 23.2 Å². The first-order valence-corrected chi connectivity index (χ1v) is 5.93. The van der Waals surface area contributed by atoms with Crippen molar-refractivity contribution in [3.8, 4) is 0 Å². The topological polar surface area (TPSA) is 23.5 Å². The summed E-state index contributed by atoms with van der Waals surface area (Å²) in [4.78, 5) is 2.19. The van der Waals surface area contributed by atoms with Crippen LogP contribution in [0.5, 0.6) is 0 Å². The van der Waals surface area contributed by atoms with Gasteiger partial charge in [-0.15, -0.1) is 0 Å². The zero-order chi connectivity index (χ0) is 11.6. The van der Waals surface area contributed by atoms with E-state index in [0.29, 0.717) is 6.04 Å². The van der Waals surface area contributed by atoms with Crippen molar-refractivity contribution in [2.45, 2.75) is 32.9 Å². The maximum atomic E-state index is 9.50. The van der Waals surface area contributed by atoms with Crippen LogP contribution in [0.25, 0.3) is 0 Å². The van der Waals surface area contributed by atoms with Crippen LogP contribution in [0.2, 0.25) is 0 Å². The SMILES string of the molecule is CC(O)c1ccc(N(C)C(C)C)cc1Br. The Morgan fingerprint density at radius 3 is 2.27 bits per heavy atom. The number of halogens is 1. The summed E-state index contributed by atoms with van der Waals surface area (Å²) in [6.45, 7) is 6.07. The van der Waals surface area contributed by atoms with Crippen LogP contribution in [-0.2, 0) is 0 Å². The van der Waals surface area contributed by atoms with Crippen LogP contribution in [0.4, 0.5) is 5.69 Å². The first-order valence-electron chi connectivity index (χ1n) is 5.13. The van der Waals surface area contributed by atoms with E-state index in [0.717, 1.165) is 15.7 Å². The number of rotatable bonds is 3. The fourth-order valence-corrected chi connectivity index (χ4v) is 2.07. The summed E-state index contributed by atoms with van der Waals surface area (Å²) in [6.07, 6.45) is -0.433. The van der Waals surface area contributed by atoms with Gasteiger partial charge in [-0.3, -0.25) is 0 Å². The van der Waals surface area contributed by atoms with Crippen molar-refractivity contribution >= 4 is 21.6 Å². The van der Waals surface area contributed by atoms with Gasteiger partial charge in [0.05, 0.1) is 6.10 Å². The number of aliphatic hydroxyl groups excluding tert-OH is 1. The van der Waals surface area contributed by atoms with E-state index in [2.05, 4.69) is 41.7 Å². The van der Waals surface area contributed by atoms with E-state index in [-0.39, 0.29) is 0 Å². The molecule has 0 aliphatic carbocycles. The zero-order valence-corrected chi connectivity index (χ0v) is 11.2. The molecule has 1 aromatic rings. The van der Waals surface area contributed by atoms with Crippen LogP contribution in [-0.4, -0.2) is 18.2 Å². The summed E-state index contributed by atoms with van der Waals surface area (Å²) in [5.74, 6) is 0. The number of aliphatic hydroxyl groups is 1. The molecule has 0 aliphatic heterocycles. The molecule has 84 valence electrons. The van der Waals surface area contributed by atoms with Gasteiger partial charge in [0.25, 0.3) is 0 Å². The Kier molecular flexibility index (Phi) is 4.17. The van der Waals surface area contributed by atoms with E-state index >= 15 is 0 Å². The van der Waals surface area contributed by atoms with Crippen molar-refractivity contribution in [2.75, 3.05) is 11.9 Å². The Morgan fingerprint density at radius 2 is 1.87 bits per heavy atom. The highest BCUT2D eigenvalue weighted by Gasteiger charge is 2.10. The molecule has 1 rings (SSSR count). The van der Waals surface area contributed by atoms with Crippen LogP contribution < -0.4 is 4.90 Å². The largest absolute Gasteiger partial charge is 0.389 e. The molecule has 1 atom stereocenters. The summed E-state index contributed by atoms with van der Waals surface area (Å²) >= 11 is 3.48. The lowest BCUT2D eigenvalue weighted by Crippen LogP contribution is -2.25. The van der Waals surface area contributed by atoms with Gasteiger partial charge in [-0.05, 0) is 38.5 Å². The predicted octanol–water partition coefficient (Wildman–Crippen LogP) is 3.35. The molecule has 2 nitrogen and oxygen atoms in total. The second kappa shape index (κ2) is 4.99. The Hall–Kier alpha value is -0.540. The average Bonchev–Trinajstić information content (AvgIpc) is 2.15. The van der Waals surface area contributed by atoms with Gasteiger partial charge >= 0.3 is 0 Å². The minimum atomic E-state index is -0.433. The molecule has 0 aliphatic rings. The zero-order valence-electron chi connectivity index (χ0n) is 9.66. The van der Waals surface area contributed by atoms with Crippen molar-refractivity contribution in [2.24, 2.45) is 0 Å². The maximum Gasteiger partial charge on any atom is 0.0772 e. The van der Waals surface area contributed by atoms with E-state index in [1.807, 2.05) is 18.2 Å². The highest BCUT2D eigenvalue weighted by atomic mass is 79.9. The monoisotopic (exact) mass is 271 g/mol. The number of benzene rings is 1. The molecule has 3 heteroatoms. The molecule has 1 aromatic carbocycles. The Bertz CT molecular complexity index is 336. The summed E-state index contributed by atoms with van der Waals surface area (Å²) in [5.41, 5.74) is 2.08. The fourth-order valence-electron chi connectivity index (χ4n) is 1.37. The molecule has 0 fully saturated rings. The van der Waals surface area contributed by atoms with Gasteiger partial charge in [0.1, 0.15) is 0 Å². The normalized spacial score (nSPS) is 13.0. The first kappa shape index (κ1) is 12.5. The average molecular weight is 272 g/mol. The Balaban J connectivity index is 3.01. The molecule has 0 amide bonds. The van der Waals surface area contributed by atoms with Crippen LogP contribution in [0.15, 0.2) is 22.7 Å². The lowest BCUT2D eigenvalue weighted by molar-refractivity contribution is 0.198. The van der Waals surface area contributed by atoms with E-state index in [9.17, 15) is 5.11 Å². The predicted molar refractivity (Wildman–Crippen MR) is 68.3 cm³/mol. The van der Waals surface area contributed by atoms with Gasteiger partial charge < -0.3 is 10.0 Å². The van der Waals surface area contributed by atoms with Crippen LogP contribution in [0.1, 0.15) is 32.4 Å². The smallest absolute Gasteiger partial charge is 0.0772 e. The molecule has 1 unspecified atom stereocenters. The van der Waals surface area contributed by atoms with Crippen LogP contribution in [0, 0.1) is 0 Å². The van der Waals surface area contributed by atoms with Crippen LogP contribution >= 0.6 is 15.9 Å². The third-order valence-corrected chi connectivity index (χ3v) is 3.30. The molecular weight excluding hydrogens is 254 g/mol. The molecule has 0 spiro atoms. The summed E-state index contributed by atoms with van der Waals surface area (Å²) in [5, 5.41) is 9.50. The quantitative estimate of drug-likeness (QED) is 0.912. The van der Waals surface area contributed by atoms with E-state index in [1.54, 1.807) is 6.92 Å². The molecule has 0 radical (unpaired) electrons. The Morgan fingerprint density at radius 1 is 1.27 bits per heavy atom. The van der Waals surface area contributed by atoms with Crippen LogP contribution in [0.3, 0.4) is 0 Å². The van der Waals surface area contributed by atoms with E-state index in [4.69, 9.17) is 0 Å². The van der Waals surface area contributed by atoms with Gasteiger partial charge in [-0.1, -0.05) is 22.0 Å². The minimum absolute atomic E-state index is 0.433. The first-order chi connectivity index (χ1) is 6.93. The van der Waals surface area contributed by atoms with E-state index < -0.39 is 6.10 Å². The molecule has 0 bridgehead atoms. The summed E-state index contributed by atoms with van der Waals surface area (Å²) < 4.78 is 0.961. The van der Waals surface area contributed by atoms with Crippen molar-refractivity contribution in [3.05, 3.63) is 28.2 Å². The number of nitrogens with zero attached hydrogens (tertiary/aromatic N) is 1. The maximum absolute atomic E-state index is 9.50. The van der Waals surface area contributed by atoms with Crippen molar-refractivity contribution in [1.29, 1.82) is 0 Å². The van der Waals surface area contributed by atoms with Crippen molar-refractivity contribution in [3.63, 3.8) is 0 Å². The lowest BCUT2D eigenvalue weighted by atomic mass is 10.1. The van der Waals surface area contributed by atoms with Gasteiger partial charge in [0.2, 0.25) is 0 Å². The molecule has 1 N–H and O–H groups in total. The Labute approximate surface area is 100 Å². The fraction of sp³-hybridized carbons (Fsp3) is 0.500. The van der Waals surface area contributed by atoms with Gasteiger partial charge in [0.15, 0.2) is 0 Å². The second-order valence-corrected chi connectivity index (χ2v) is 4.94. The number of hydrogen-bond donors (Lipinski definition) is 1. The summed E-state index contributed by atoms with van der Waals surface area (Å²) in [6, 6.07) is 6.51. The standard InChI is InChI=1S/C12H18BrNO/c1-8(2)14(4)10-5-6-11(9(3)15)12(13)7-10/h5-9,15H,1-4H3. The van der Waals surface area contributed by atoms with Gasteiger partial charge in [-0.2, -0.15) is 0 Å². The molecule has 0 aromatic heterocycles. The third-order valence-electron chi connectivity index (χ3n) is 2.62. The molecule has 0 saturated carbocycles.